The van der Waals surface area contributed by atoms with Gasteiger partial charge >= 0.3 is 5.97 Å². The van der Waals surface area contributed by atoms with Gasteiger partial charge < -0.3 is 5.11 Å². The largest absolute Gasteiger partial charge is 0.480 e. The van der Waals surface area contributed by atoms with Crippen LogP contribution in [-0.2, 0) is 4.79 Å². The Morgan fingerprint density at radius 3 is 2.75 bits per heavy atom. The number of rotatable bonds is 3. The molecule has 0 aromatic carbocycles. The number of nitrogens with zero attached hydrogens (tertiary/aromatic N) is 1. The zero-order valence-electron chi connectivity index (χ0n) is 9.57. The van der Waals surface area contributed by atoms with Crippen LogP contribution in [0.15, 0.2) is 0 Å². The molecule has 0 aromatic heterocycles. The predicted octanol–water partition coefficient (Wildman–Crippen LogP) is 2.33. The Hall–Kier alpha value is -0.280. The third-order valence-electron chi connectivity index (χ3n) is 4.02. The lowest BCUT2D eigenvalue weighted by molar-refractivity contribution is -0.137. The summed E-state index contributed by atoms with van der Waals surface area (Å²) in [6, 6.07) is 0.600. The molecule has 0 radical (unpaired) electrons. The maximum atomic E-state index is 10.8. The van der Waals surface area contributed by atoms with Gasteiger partial charge in [-0.2, -0.15) is 0 Å². The van der Waals surface area contributed by atoms with E-state index in [1.807, 2.05) is 0 Å². The van der Waals surface area contributed by atoms with Crippen LogP contribution < -0.4 is 0 Å². The van der Waals surface area contributed by atoms with E-state index in [-0.39, 0.29) is 0 Å². The maximum absolute atomic E-state index is 10.8. The van der Waals surface area contributed by atoms with Crippen molar-refractivity contribution >= 4 is 17.6 Å². The first-order valence-electron chi connectivity index (χ1n) is 6.29. The topological polar surface area (TPSA) is 40.5 Å². The highest BCUT2D eigenvalue weighted by atomic mass is 35.5. The van der Waals surface area contributed by atoms with E-state index in [1.54, 1.807) is 0 Å². The molecule has 1 saturated heterocycles. The fourth-order valence-corrected chi connectivity index (χ4v) is 3.42. The summed E-state index contributed by atoms with van der Waals surface area (Å²) in [6.45, 7) is 1.54. The predicted molar refractivity (Wildman–Crippen MR) is 63.8 cm³/mol. The molecule has 1 heterocycles. The van der Waals surface area contributed by atoms with Crippen LogP contribution in [0.25, 0.3) is 0 Å². The van der Waals surface area contributed by atoms with E-state index in [9.17, 15) is 4.79 Å². The minimum Gasteiger partial charge on any atom is -0.480 e. The van der Waals surface area contributed by atoms with Crippen LogP contribution >= 0.6 is 11.6 Å². The minimum atomic E-state index is -0.889. The molecule has 92 valence electrons. The van der Waals surface area contributed by atoms with Crippen molar-refractivity contribution in [2.24, 2.45) is 5.92 Å². The van der Waals surface area contributed by atoms with Gasteiger partial charge in [-0.1, -0.05) is 12.8 Å². The summed E-state index contributed by atoms with van der Waals surface area (Å²) in [4.78, 5) is 13.1. The summed E-state index contributed by atoms with van der Waals surface area (Å²) in [6.07, 6.45) is 7.70. The fraction of sp³-hybridized carbons (Fsp3) is 0.917. The van der Waals surface area contributed by atoms with E-state index >= 15 is 0 Å². The third kappa shape index (κ3) is 2.69. The molecule has 1 aliphatic heterocycles. The lowest BCUT2D eigenvalue weighted by Crippen LogP contribution is -2.49. The molecule has 1 saturated carbocycles. The molecule has 2 rings (SSSR count). The van der Waals surface area contributed by atoms with Crippen molar-refractivity contribution in [3.8, 4) is 0 Å². The van der Waals surface area contributed by atoms with Gasteiger partial charge in [0.15, 0.2) is 0 Å². The van der Waals surface area contributed by atoms with Crippen LogP contribution in [0.1, 0.15) is 38.5 Å². The molecule has 0 bridgehead atoms. The monoisotopic (exact) mass is 245 g/mol. The summed E-state index contributed by atoms with van der Waals surface area (Å²) < 4.78 is 0. The van der Waals surface area contributed by atoms with Crippen LogP contribution in [0.3, 0.4) is 0 Å². The maximum Gasteiger partial charge on any atom is 0.322 e. The summed E-state index contributed by atoms with van der Waals surface area (Å²) >= 11 is 5.84. The molecule has 0 spiro atoms. The molecule has 3 nitrogen and oxygen atoms in total. The molecule has 16 heavy (non-hydrogen) atoms. The molecule has 2 fully saturated rings. The number of alkyl halides is 1. The minimum absolute atomic E-state index is 0.512. The Morgan fingerprint density at radius 1 is 1.31 bits per heavy atom. The lowest BCUT2D eigenvalue weighted by atomic mass is 9.78. The molecule has 1 aliphatic carbocycles. The number of aliphatic carboxylic acids is 1. The van der Waals surface area contributed by atoms with E-state index in [2.05, 4.69) is 4.90 Å². The summed E-state index contributed by atoms with van der Waals surface area (Å²) in [7, 11) is 0. The first kappa shape index (κ1) is 12.2. The van der Waals surface area contributed by atoms with Gasteiger partial charge in [0.05, 0.1) is 0 Å². The number of carboxylic acids is 1. The first-order valence-corrected chi connectivity index (χ1v) is 6.73. The summed E-state index contributed by atoms with van der Waals surface area (Å²) in [5.74, 6) is -0.0974. The van der Waals surface area contributed by atoms with Crippen LogP contribution in [-0.4, -0.2) is 40.5 Å². The SMILES string of the molecule is O=C(O)C(Cl)CN1CCCC2CCCCC21. The average Bonchev–Trinajstić information content (AvgIpc) is 2.29. The van der Waals surface area contributed by atoms with Gasteiger partial charge in [-0.25, -0.2) is 0 Å². The van der Waals surface area contributed by atoms with Crippen LogP contribution in [0.5, 0.6) is 0 Å². The van der Waals surface area contributed by atoms with Crippen molar-refractivity contribution < 1.29 is 9.90 Å². The van der Waals surface area contributed by atoms with Crippen LogP contribution in [0.4, 0.5) is 0 Å². The number of carbonyl (C=O) groups is 1. The second-order valence-corrected chi connectivity index (χ2v) is 5.58. The van der Waals surface area contributed by atoms with Gasteiger partial charge in [0.25, 0.3) is 0 Å². The number of likely N-dealkylation sites (tertiary alicyclic amines) is 1. The smallest absolute Gasteiger partial charge is 0.322 e. The number of fused-ring (bicyclic) bond motifs is 1. The second kappa shape index (κ2) is 5.37. The van der Waals surface area contributed by atoms with Gasteiger partial charge in [0.2, 0.25) is 0 Å². The number of carboxylic acid groups (broad SMARTS) is 1. The Labute approximate surface area is 102 Å². The summed E-state index contributed by atoms with van der Waals surface area (Å²) in [5, 5.41) is 8.10. The van der Waals surface area contributed by atoms with Gasteiger partial charge in [-0.05, 0) is 38.1 Å². The normalized spacial score (nSPS) is 33.1. The van der Waals surface area contributed by atoms with Crippen molar-refractivity contribution in [2.75, 3.05) is 13.1 Å². The fourth-order valence-electron chi connectivity index (χ4n) is 3.24. The first-order chi connectivity index (χ1) is 7.68. The van der Waals surface area contributed by atoms with Crippen molar-refractivity contribution in [2.45, 2.75) is 49.9 Å². The van der Waals surface area contributed by atoms with E-state index in [4.69, 9.17) is 16.7 Å². The standard InChI is InChI=1S/C12H20ClNO2/c13-10(12(15)16)8-14-7-3-5-9-4-1-2-6-11(9)14/h9-11H,1-8H2,(H,15,16). The van der Waals surface area contributed by atoms with Crippen molar-refractivity contribution in [3.05, 3.63) is 0 Å². The van der Waals surface area contributed by atoms with Gasteiger partial charge in [0.1, 0.15) is 5.38 Å². The number of halogens is 1. The Kier molecular flexibility index (Phi) is 4.09. The van der Waals surface area contributed by atoms with E-state index in [0.717, 1.165) is 12.5 Å². The quantitative estimate of drug-likeness (QED) is 0.776. The van der Waals surface area contributed by atoms with Crippen molar-refractivity contribution in [3.63, 3.8) is 0 Å². The average molecular weight is 246 g/mol. The van der Waals surface area contributed by atoms with Crippen LogP contribution in [0, 0.1) is 5.92 Å². The molecular formula is C12H20ClNO2. The molecule has 0 aromatic rings. The zero-order valence-corrected chi connectivity index (χ0v) is 10.3. The van der Waals surface area contributed by atoms with Gasteiger partial charge in [-0.15, -0.1) is 11.6 Å². The summed E-state index contributed by atoms with van der Waals surface area (Å²) in [5.41, 5.74) is 0. The molecule has 4 heteroatoms. The Balaban J connectivity index is 1.94. The van der Waals surface area contributed by atoms with Crippen molar-refractivity contribution in [1.29, 1.82) is 0 Å². The number of hydrogen-bond donors (Lipinski definition) is 1. The van der Waals surface area contributed by atoms with E-state index < -0.39 is 11.3 Å². The van der Waals surface area contributed by atoms with E-state index in [0.29, 0.717) is 12.6 Å². The Bertz CT molecular complexity index is 257. The molecule has 3 unspecified atom stereocenters. The van der Waals surface area contributed by atoms with E-state index in [1.165, 1.54) is 38.5 Å². The van der Waals surface area contributed by atoms with Gasteiger partial charge in [-0.3, -0.25) is 9.69 Å². The molecule has 1 N–H and O–H groups in total. The molecule has 0 amide bonds. The molecular weight excluding hydrogens is 226 g/mol. The number of hydrogen-bond acceptors (Lipinski definition) is 2. The van der Waals surface area contributed by atoms with Crippen LogP contribution in [0.2, 0.25) is 0 Å². The Morgan fingerprint density at radius 2 is 2.00 bits per heavy atom. The van der Waals surface area contributed by atoms with Crippen molar-refractivity contribution in [1.82, 2.24) is 4.90 Å². The third-order valence-corrected chi connectivity index (χ3v) is 4.35. The highest BCUT2D eigenvalue weighted by Gasteiger charge is 2.34. The molecule has 2 aliphatic rings. The second-order valence-electron chi connectivity index (χ2n) is 5.05. The highest BCUT2D eigenvalue weighted by molar-refractivity contribution is 6.29. The zero-order chi connectivity index (χ0) is 11.5. The number of piperidine rings is 1. The highest BCUT2D eigenvalue weighted by Crippen LogP contribution is 2.35. The van der Waals surface area contributed by atoms with Gasteiger partial charge in [0, 0.05) is 12.6 Å². The lowest BCUT2D eigenvalue weighted by Gasteiger charge is -2.44. The molecule has 3 atom stereocenters.